The van der Waals surface area contributed by atoms with E-state index >= 15 is 0 Å². The zero-order valence-electron chi connectivity index (χ0n) is 14.2. The predicted octanol–water partition coefficient (Wildman–Crippen LogP) is 4.04. The van der Waals surface area contributed by atoms with E-state index in [2.05, 4.69) is 23.1 Å². The van der Waals surface area contributed by atoms with Gasteiger partial charge < -0.3 is 15.2 Å². The number of benzene rings is 2. The van der Waals surface area contributed by atoms with Crippen LogP contribution in [0.2, 0.25) is 0 Å². The molecule has 0 spiro atoms. The molecule has 0 saturated carbocycles. The van der Waals surface area contributed by atoms with Gasteiger partial charge in [-0.25, -0.2) is 0 Å². The number of nitrogens with zero attached hydrogens (tertiary/aromatic N) is 1. The Morgan fingerprint density at radius 1 is 1.12 bits per heavy atom. The van der Waals surface area contributed by atoms with Gasteiger partial charge in [-0.15, -0.1) is 12.4 Å². The molecule has 1 fully saturated rings. The van der Waals surface area contributed by atoms with Crippen LogP contribution in [0, 0.1) is 0 Å². The molecule has 2 N–H and O–H groups in total. The molecule has 24 heavy (non-hydrogen) atoms. The van der Waals surface area contributed by atoms with Crippen LogP contribution in [0.5, 0.6) is 11.5 Å². The second kappa shape index (κ2) is 8.27. The minimum absolute atomic E-state index is 0. The molecule has 1 atom stereocenters. The van der Waals surface area contributed by atoms with Crippen molar-refractivity contribution >= 4 is 18.1 Å². The maximum atomic E-state index is 5.90. The van der Waals surface area contributed by atoms with Crippen LogP contribution >= 0.6 is 12.4 Å². The first kappa shape index (κ1) is 18.4. The molecule has 0 aliphatic carbocycles. The highest BCUT2D eigenvalue weighted by molar-refractivity contribution is 5.85. The number of hydrogen-bond acceptors (Lipinski definition) is 4. The average molecular weight is 349 g/mol. The number of rotatable bonds is 5. The normalized spacial score (nSPS) is 17.3. The Bertz CT molecular complexity index is 678. The van der Waals surface area contributed by atoms with Crippen molar-refractivity contribution in [2.45, 2.75) is 25.4 Å². The standard InChI is InChI=1S/C19H24N2O2.ClH/c1-22-16-8-9-17(19(12-16)23-2)18-7-4-10-21(18)13-14-5-3-6-15(20)11-14;/h3,5-6,8-9,11-12,18H,4,7,10,13,20H2,1-2H3;1H. The summed E-state index contributed by atoms with van der Waals surface area (Å²) in [5.41, 5.74) is 9.21. The van der Waals surface area contributed by atoms with Gasteiger partial charge in [-0.05, 0) is 43.1 Å². The lowest BCUT2D eigenvalue weighted by atomic mass is 10.0. The lowest BCUT2D eigenvalue weighted by molar-refractivity contribution is 0.242. The highest BCUT2D eigenvalue weighted by Gasteiger charge is 2.28. The molecule has 4 nitrogen and oxygen atoms in total. The largest absolute Gasteiger partial charge is 0.497 e. The first-order valence-corrected chi connectivity index (χ1v) is 8.01. The molecule has 0 bridgehead atoms. The van der Waals surface area contributed by atoms with Gasteiger partial charge in [0.05, 0.1) is 14.2 Å². The maximum absolute atomic E-state index is 5.90. The molecule has 0 radical (unpaired) electrons. The first-order valence-electron chi connectivity index (χ1n) is 8.01. The molecule has 0 amide bonds. The van der Waals surface area contributed by atoms with Crippen molar-refractivity contribution in [3.63, 3.8) is 0 Å². The van der Waals surface area contributed by atoms with E-state index in [1.165, 1.54) is 17.5 Å². The van der Waals surface area contributed by atoms with E-state index in [-0.39, 0.29) is 12.4 Å². The van der Waals surface area contributed by atoms with Crippen molar-refractivity contribution in [2.75, 3.05) is 26.5 Å². The van der Waals surface area contributed by atoms with Crippen molar-refractivity contribution in [3.8, 4) is 11.5 Å². The smallest absolute Gasteiger partial charge is 0.127 e. The van der Waals surface area contributed by atoms with E-state index in [1.807, 2.05) is 24.3 Å². The van der Waals surface area contributed by atoms with Gasteiger partial charge >= 0.3 is 0 Å². The highest BCUT2D eigenvalue weighted by Crippen LogP contribution is 2.39. The molecule has 130 valence electrons. The van der Waals surface area contributed by atoms with Gasteiger partial charge in [0.2, 0.25) is 0 Å². The summed E-state index contributed by atoms with van der Waals surface area (Å²) >= 11 is 0. The third-order valence-corrected chi connectivity index (χ3v) is 4.50. The fraction of sp³-hybridized carbons (Fsp3) is 0.368. The summed E-state index contributed by atoms with van der Waals surface area (Å²) in [6, 6.07) is 14.6. The monoisotopic (exact) mass is 348 g/mol. The average Bonchev–Trinajstić information content (AvgIpc) is 3.02. The van der Waals surface area contributed by atoms with Crippen LogP contribution in [-0.4, -0.2) is 25.7 Å². The molecule has 1 saturated heterocycles. The van der Waals surface area contributed by atoms with Gasteiger partial charge in [0.15, 0.2) is 0 Å². The molecule has 2 aromatic carbocycles. The highest BCUT2D eigenvalue weighted by atomic mass is 35.5. The number of ether oxygens (including phenoxy) is 2. The predicted molar refractivity (Wildman–Crippen MR) is 100 cm³/mol. The van der Waals surface area contributed by atoms with Crippen LogP contribution in [-0.2, 0) is 6.54 Å². The Balaban J connectivity index is 0.00000208. The van der Waals surface area contributed by atoms with E-state index in [1.54, 1.807) is 14.2 Å². The quantitative estimate of drug-likeness (QED) is 0.828. The number of nitrogen functional groups attached to an aromatic ring is 1. The molecular weight excluding hydrogens is 324 g/mol. The number of nitrogens with two attached hydrogens (primary N) is 1. The van der Waals surface area contributed by atoms with E-state index in [0.29, 0.717) is 6.04 Å². The second-order valence-electron chi connectivity index (χ2n) is 5.98. The number of hydrogen-bond donors (Lipinski definition) is 1. The van der Waals surface area contributed by atoms with Crippen molar-refractivity contribution in [2.24, 2.45) is 0 Å². The summed E-state index contributed by atoms with van der Waals surface area (Å²) in [5.74, 6) is 1.72. The van der Waals surface area contributed by atoms with E-state index in [0.717, 1.165) is 36.7 Å². The van der Waals surface area contributed by atoms with Crippen LogP contribution < -0.4 is 15.2 Å². The molecule has 3 rings (SSSR count). The van der Waals surface area contributed by atoms with E-state index < -0.39 is 0 Å². The van der Waals surface area contributed by atoms with E-state index in [4.69, 9.17) is 15.2 Å². The number of anilines is 1. The van der Waals surface area contributed by atoms with Gasteiger partial charge in [0.25, 0.3) is 0 Å². The minimum atomic E-state index is 0. The molecule has 0 aromatic heterocycles. The minimum Gasteiger partial charge on any atom is -0.497 e. The van der Waals surface area contributed by atoms with Crippen LogP contribution in [0.25, 0.3) is 0 Å². The number of halogens is 1. The second-order valence-corrected chi connectivity index (χ2v) is 5.98. The van der Waals surface area contributed by atoms with Gasteiger partial charge in [0, 0.05) is 29.9 Å². The molecule has 1 unspecified atom stereocenters. The van der Waals surface area contributed by atoms with Crippen molar-refractivity contribution < 1.29 is 9.47 Å². The Labute approximate surface area is 150 Å². The summed E-state index contributed by atoms with van der Waals surface area (Å²) in [7, 11) is 3.39. The lowest BCUT2D eigenvalue weighted by Crippen LogP contribution is -2.23. The third kappa shape index (κ3) is 3.94. The Morgan fingerprint density at radius 3 is 2.67 bits per heavy atom. The van der Waals surface area contributed by atoms with Crippen molar-refractivity contribution in [3.05, 3.63) is 53.6 Å². The zero-order valence-corrected chi connectivity index (χ0v) is 15.0. The molecule has 5 heteroatoms. The lowest BCUT2D eigenvalue weighted by Gasteiger charge is -2.26. The summed E-state index contributed by atoms with van der Waals surface area (Å²) in [6.45, 7) is 2.00. The van der Waals surface area contributed by atoms with Crippen LogP contribution in [0.1, 0.15) is 30.0 Å². The van der Waals surface area contributed by atoms with Gasteiger partial charge in [-0.2, -0.15) is 0 Å². The first-order chi connectivity index (χ1) is 11.2. The zero-order chi connectivity index (χ0) is 16.2. The summed E-state index contributed by atoms with van der Waals surface area (Å²) in [5, 5.41) is 0. The third-order valence-electron chi connectivity index (χ3n) is 4.50. The Kier molecular flexibility index (Phi) is 6.35. The van der Waals surface area contributed by atoms with Crippen LogP contribution in [0.3, 0.4) is 0 Å². The van der Waals surface area contributed by atoms with E-state index in [9.17, 15) is 0 Å². The molecule has 2 aromatic rings. The topological polar surface area (TPSA) is 47.7 Å². The SMILES string of the molecule is COc1ccc(C2CCCN2Cc2cccc(N)c2)c(OC)c1.Cl. The summed E-state index contributed by atoms with van der Waals surface area (Å²) in [6.07, 6.45) is 2.34. The molecule has 1 aliphatic rings. The summed E-state index contributed by atoms with van der Waals surface area (Å²) < 4.78 is 10.9. The number of methoxy groups -OCH3 is 2. The van der Waals surface area contributed by atoms with Crippen LogP contribution in [0.15, 0.2) is 42.5 Å². The molecule has 1 heterocycles. The fourth-order valence-corrected chi connectivity index (χ4v) is 3.39. The fourth-order valence-electron chi connectivity index (χ4n) is 3.39. The van der Waals surface area contributed by atoms with Crippen molar-refractivity contribution in [1.82, 2.24) is 4.90 Å². The summed E-state index contributed by atoms with van der Waals surface area (Å²) in [4.78, 5) is 2.50. The van der Waals surface area contributed by atoms with Crippen LogP contribution in [0.4, 0.5) is 5.69 Å². The van der Waals surface area contributed by atoms with Gasteiger partial charge in [-0.3, -0.25) is 4.90 Å². The van der Waals surface area contributed by atoms with Gasteiger partial charge in [0.1, 0.15) is 11.5 Å². The Hall–Kier alpha value is -1.91. The van der Waals surface area contributed by atoms with Crippen molar-refractivity contribution in [1.29, 1.82) is 0 Å². The maximum Gasteiger partial charge on any atom is 0.127 e. The number of likely N-dealkylation sites (tertiary alicyclic amines) is 1. The Morgan fingerprint density at radius 2 is 1.96 bits per heavy atom. The molecular formula is C19H25ClN2O2. The van der Waals surface area contributed by atoms with Gasteiger partial charge in [-0.1, -0.05) is 18.2 Å². The molecule has 1 aliphatic heterocycles.